The van der Waals surface area contributed by atoms with Gasteiger partial charge < -0.3 is 49.6 Å². The van der Waals surface area contributed by atoms with Crippen molar-refractivity contribution in [3.8, 4) is 5.75 Å². The molecule has 2 aliphatic carbocycles. The molecule has 2 saturated carbocycles. The van der Waals surface area contributed by atoms with Crippen molar-refractivity contribution in [3.63, 3.8) is 0 Å². The van der Waals surface area contributed by atoms with Gasteiger partial charge in [-0.1, -0.05) is 37.4 Å². The number of aliphatic hydroxyl groups is 5. The van der Waals surface area contributed by atoms with Crippen molar-refractivity contribution in [1.82, 2.24) is 0 Å². The van der Waals surface area contributed by atoms with Crippen LogP contribution in [0.1, 0.15) is 18.4 Å². The lowest BCUT2D eigenvalue weighted by molar-refractivity contribution is -0.308. The van der Waals surface area contributed by atoms with Gasteiger partial charge in [-0.3, -0.25) is 0 Å². The van der Waals surface area contributed by atoms with E-state index in [1.807, 2.05) is 0 Å². The number of hydrogen-bond donors (Lipinski definition) is 6. The third kappa shape index (κ3) is 5.51. The highest BCUT2D eigenvalue weighted by molar-refractivity contribution is 5.91. The molecule has 12 atom stereocenters. The molecule has 1 aromatic rings. The highest BCUT2D eigenvalue weighted by Gasteiger charge is 2.58. The highest BCUT2D eigenvalue weighted by atomic mass is 16.7. The van der Waals surface area contributed by atoms with E-state index >= 15 is 0 Å². The van der Waals surface area contributed by atoms with Crippen LogP contribution in [0.5, 0.6) is 5.75 Å². The molecule has 0 aromatic heterocycles. The number of benzene rings is 1. The molecule has 0 unspecified atom stereocenters. The summed E-state index contributed by atoms with van der Waals surface area (Å²) in [5.74, 6) is -3.07. The van der Waals surface area contributed by atoms with Gasteiger partial charge in [0.05, 0.1) is 18.6 Å². The lowest BCUT2D eigenvalue weighted by Gasteiger charge is -2.40. The van der Waals surface area contributed by atoms with Gasteiger partial charge in [-0.05, 0) is 35.6 Å². The molecule has 5 rings (SSSR count). The number of esters is 2. The maximum atomic E-state index is 13.0. The molecule has 228 valence electrons. The van der Waals surface area contributed by atoms with E-state index in [9.17, 15) is 40.2 Å². The summed E-state index contributed by atoms with van der Waals surface area (Å²) in [7, 11) is 0. The lowest BCUT2D eigenvalue weighted by atomic mass is 9.81. The quantitative estimate of drug-likeness (QED) is 0.138. The zero-order valence-corrected chi connectivity index (χ0v) is 22.8. The van der Waals surface area contributed by atoms with E-state index < -0.39 is 85.5 Å². The first kappa shape index (κ1) is 30.4. The number of phenols is 1. The Bertz CT molecular complexity index is 1240. The molecule has 2 heterocycles. The second-order valence-electron chi connectivity index (χ2n) is 11.4. The maximum Gasteiger partial charge on any atom is 0.335 e. The van der Waals surface area contributed by atoms with E-state index in [0.717, 1.165) is 0 Å². The van der Waals surface area contributed by atoms with Crippen molar-refractivity contribution < 1.29 is 59.2 Å². The maximum absolute atomic E-state index is 13.0. The van der Waals surface area contributed by atoms with Crippen LogP contribution in [0.3, 0.4) is 0 Å². The third-order valence-electron chi connectivity index (χ3n) is 8.80. The van der Waals surface area contributed by atoms with Crippen LogP contribution in [0.25, 0.3) is 0 Å². The lowest BCUT2D eigenvalue weighted by Crippen LogP contribution is -2.59. The number of rotatable bonds is 7. The van der Waals surface area contributed by atoms with Crippen molar-refractivity contribution in [3.05, 3.63) is 66.3 Å². The van der Waals surface area contributed by atoms with Crippen molar-refractivity contribution in [2.75, 3.05) is 6.61 Å². The Balaban J connectivity index is 1.32. The molecule has 0 amide bonds. The summed E-state index contributed by atoms with van der Waals surface area (Å²) in [5, 5.41) is 60.2. The first-order chi connectivity index (χ1) is 19.9. The van der Waals surface area contributed by atoms with Gasteiger partial charge in [0.2, 0.25) is 0 Å². The van der Waals surface area contributed by atoms with E-state index in [1.165, 1.54) is 12.1 Å². The van der Waals surface area contributed by atoms with E-state index in [-0.39, 0.29) is 30.1 Å². The van der Waals surface area contributed by atoms with E-state index in [4.69, 9.17) is 18.9 Å². The SMILES string of the molecule is C=C1C(=O)O[C@@H]2[C@H]3C(=C)[C@@H](O[C@@H]4O[C@H](CO)[C@@H](O)[C@H](O)[C@H]4O)C[C@H]3C(=C)C[C@@H](OC(=O)[C@H](O)Cc3ccc(O)cc3)[C@@H]12. The van der Waals surface area contributed by atoms with E-state index in [2.05, 4.69) is 19.7 Å². The number of aromatic hydroxyl groups is 1. The van der Waals surface area contributed by atoms with Crippen molar-refractivity contribution >= 4 is 11.9 Å². The fraction of sp³-hybridized carbons (Fsp3) is 0.533. The average Bonchev–Trinajstić information content (AvgIpc) is 3.40. The smallest absolute Gasteiger partial charge is 0.335 e. The molecule has 0 bridgehead atoms. The first-order valence-corrected chi connectivity index (χ1v) is 13.8. The molecule has 1 aromatic carbocycles. The normalized spacial score (nSPS) is 38.8. The summed E-state index contributed by atoms with van der Waals surface area (Å²) in [5.41, 5.74) is 1.91. The Hall–Kier alpha value is -3.10. The molecular formula is C30H36O12. The van der Waals surface area contributed by atoms with Gasteiger partial charge in [-0.15, -0.1) is 0 Å². The number of hydrogen-bond acceptors (Lipinski definition) is 12. The monoisotopic (exact) mass is 588 g/mol. The number of ether oxygens (including phenoxy) is 4. The second kappa shape index (κ2) is 11.9. The zero-order chi connectivity index (χ0) is 30.5. The topological polar surface area (TPSA) is 192 Å². The fourth-order valence-corrected chi connectivity index (χ4v) is 6.50. The molecule has 6 N–H and O–H groups in total. The minimum Gasteiger partial charge on any atom is -0.508 e. The van der Waals surface area contributed by atoms with E-state index in [1.54, 1.807) is 12.1 Å². The van der Waals surface area contributed by atoms with Crippen LogP contribution >= 0.6 is 0 Å². The molecule has 0 spiro atoms. The molecule has 12 heteroatoms. The van der Waals surface area contributed by atoms with E-state index in [0.29, 0.717) is 23.1 Å². The summed E-state index contributed by atoms with van der Waals surface area (Å²) in [4.78, 5) is 25.7. The van der Waals surface area contributed by atoms with Gasteiger partial charge in [0.15, 0.2) is 12.4 Å². The highest BCUT2D eigenvalue weighted by Crippen LogP contribution is 2.53. The molecule has 12 nitrogen and oxygen atoms in total. The number of carbonyl (C=O) groups is 2. The Morgan fingerprint density at radius 3 is 2.40 bits per heavy atom. The molecule has 4 aliphatic rings. The van der Waals surface area contributed by atoms with Crippen molar-refractivity contribution in [2.24, 2.45) is 17.8 Å². The predicted molar refractivity (Wildman–Crippen MR) is 143 cm³/mol. The van der Waals surface area contributed by atoms with Gasteiger partial charge in [0, 0.05) is 24.3 Å². The van der Waals surface area contributed by atoms with Crippen molar-refractivity contribution in [1.29, 1.82) is 0 Å². The van der Waals surface area contributed by atoms with Crippen LogP contribution in [-0.4, -0.2) is 104 Å². The van der Waals surface area contributed by atoms with Gasteiger partial charge in [0.25, 0.3) is 0 Å². The van der Waals surface area contributed by atoms with Gasteiger partial charge >= 0.3 is 11.9 Å². The van der Waals surface area contributed by atoms with Gasteiger partial charge in [0.1, 0.15) is 42.4 Å². The molecule has 4 fully saturated rings. The largest absolute Gasteiger partial charge is 0.508 e. The number of aliphatic hydroxyl groups excluding tert-OH is 5. The number of phenolic OH excluding ortho intramolecular Hbond substituents is 1. The summed E-state index contributed by atoms with van der Waals surface area (Å²) in [6, 6.07) is 6.05. The molecule has 42 heavy (non-hydrogen) atoms. The minimum atomic E-state index is -1.61. The summed E-state index contributed by atoms with van der Waals surface area (Å²) < 4.78 is 23.0. The Labute approximate surface area is 242 Å². The second-order valence-corrected chi connectivity index (χ2v) is 11.4. The van der Waals surface area contributed by atoms with Crippen molar-refractivity contribution in [2.45, 2.75) is 74.4 Å². The average molecular weight is 589 g/mol. The molecule has 2 saturated heterocycles. The van der Waals surface area contributed by atoms with Crippen LogP contribution in [0, 0.1) is 17.8 Å². The third-order valence-corrected chi connectivity index (χ3v) is 8.80. The molecule has 0 radical (unpaired) electrons. The standard InChI is InChI=1S/C30H36O12/c1-12-8-20(39-29(38)18(33)9-15-4-6-16(32)7-5-15)23-14(3)28(37)42-27(23)22-13(2)19(10-17(12)22)40-30-26(36)25(35)24(34)21(11-31)41-30/h4-7,17-27,30-36H,1-3,8-11H2/t17-,18+,19-,20+,21+,22-,23+,24+,25-,26+,27+,30+/m0/s1. The van der Waals surface area contributed by atoms with Crippen LogP contribution in [0.4, 0.5) is 0 Å². The Kier molecular flexibility index (Phi) is 8.59. The zero-order valence-electron chi connectivity index (χ0n) is 22.8. The summed E-state index contributed by atoms with van der Waals surface area (Å²) >= 11 is 0. The molecule has 2 aliphatic heterocycles. The van der Waals surface area contributed by atoms with Gasteiger partial charge in [-0.2, -0.15) is 0 Å². The molecular weight excluding hydrogens is 552 g/mol. The first-order valence-electron chi connectivity index (χ1n) is 13.8. The van der Waals surface area contributed by atoms with Gasteiger partial charge in [-0.25, -0.2) is 9.59 Å². The summed E-state index contributed by atoms with van der Waals surface area (Å²) in [6.07, 6.45) is -10.8. The van der Waals surface area contributed by atoms with Crippen LogP contribution < -0.4 is 0 Å². The Morgan fingerprint density at radius 2 is 1.74 bits per heavy atom. The van der Waals surface area contributed by atoms with Crippen LogP contribution in [0.2, 0.25) is 0 Å². The van der Waals surface area contributed by atoms with Crippen LogP contribution in [-0.2, 0) is 35.0 Å². The minimum absolute atomic E-state index is 0.0454. The summed E-state index contributed by atoms with van der Waals surface area (Å²) in [6.45, 7) is 11.7. The van der Waals surface area contributed by atoms with Crippen LogP contribution in [0.15, 0.2) is 60.7 Å². The Morgan fingerprint density at radius 1 is 1.05 bits per heavy atom. The fourth-order valence-electron chi connectivity index (χ4n) is 6.50. The predicted octanol–water partition coefficient (Wildman–Crippen LogP) is -0.357. The number of carbonyl (C=O) groups excluding carboxylic acids is 2. The number of fused-ring (bicyclic) bond motifs is 3.